The van der Waals surface area contributed by atoms with E-state index in [1.165, 1.54) is 31.4 Å². The molecule has 8 heteroatoms. The van der Waals surface area contributed by atoms with Gasteiger partial charge in [-0.3, -0.25) is 0 Å². The van der Waals surface area contributed by atoms with Gasteiger partial charge in [-0.25, -0.2) is 12.8 Å². The SMILES string of the molecule is COc1cc(F)ccc1OC1C=CC(Br)=CN1c1cccc(S(C)(=O)=O)c1. The Kier molecular flexibility index (Phi) is 5.57. The third-order valence-corrected chi connectivity index (χ3v) is 5.45. The minimum atomic E-state index is -3.35. The van der Waals surface area contributed by atoms with E-state index in [2.05, 4.69) is 15.9 Å². The second-order valence-electron chi connectivity index (χ2n) is 5.85. The molecule has 2 aromatic rings. The fourth-order valence-corrected chi connectivity index (χ4v) is 3.61. The van der Waals surface area contributed by atoms with Crippen LogP contribution in [0.2, 0.25) is 0 Å². The van der Waals surface area contributed by atoms with Gasteiger partial charge in [-0.2, -0.15) is 0 Å². The van der Waals surface area contributed by atoms with Crippen molar-refractivity contribution in [3.05, 3.63) is 71.1 Å². The van der Waals surface area contributed by atoms with Gasteiger partial charge in [0.1, 0.15) is 5.82 Å². The zero-order valence-electron chi connectivity index (χ0n) is 14.6. The van der Waals surface area contributed by atoms with Crippen LogP contribution in [0.15, 0.2) is 70.2 Å². The van der Waals surface area contributed by atoms with E-state index in [1.807, 2.05) is 6.08 Å². The van der Waals surface area contributed by atoms with Gasteiger partial charge < -0.3 is 14.4 Å². The van der Waals surface area contributed by atoms with Crippen LogP contribution in [0.5, 0.6) is 11.5 Å². The number of hydrogen-bond acceptors (Lipinski definition) is 5. The summed E-state index contributed by atoms with van der Waals surface area (Å²) in [6.07, 6.45) is 5.96. The van der Waals surface area contributed by atoms with E-state index >= 15 is 0 Å². The lowest BCUT2D eigenvalue weighted by molar-refractivity contribution is 0.239. The quantitative estimate of drug-likeness (QED) is 0.676. The number of anilines is 1. The highest BCUT2D eigenvalue weighted by molar-refractivity contribution is 9.11. The lowest BCUT2D eigenvalue weighted by atomic mass is 10.2. The molecule has 5 nitrogen and oxygen atoms in total. The lowest BCUT2D eigenvalue weighted by Gasteiger charge is -2.32. The summed E-state index contributed by atoms with van der Waals surface area (Å²) in [6.45, 7) is 0. The topological polar surface area (TPSA) is 55.8 Å². The van der Waals surface area contributed by atoms with Crippen molar-refractivity contribution in [3.63, 3.8) is 0 Å². The van der Waals surface area contributed by atoms with Gasteiger partial charge in [0.15, 0.2) is 27.6 Å². The van der Waals surface area contributed by atoms with Crippen LogP contribution in [0.3, 0.4) is 0 Å². The Bertz CT molecular complexity index is 1020. The van der Waals surface area contributed by atoms with Crippen LogP contribution in [-0.4, -0.2) is 28.0 Å². The summed E-state index contributed by atoms with van der Waals surface area (Å²) in [5.41, 5.74) is 0.630. The summed E-state index contributed by atoms with van der Waals surface area (Å²) in [5, 5.41) is 0. The molecule has 0 radical (unpaired) electrons. The van der Waals surface area contributed by atoms with E-state index in [4.69, 9.17) is 9.47 Å². The standard InChI is InChI=1S/C19H17BrFNO4S/c1-25-18-10-14(21)7-8-17(18)26-19-9-6-13(20)12-22(19)15-4-3-5-16(11-15)27(2,23)24/h3-12,19H,1-2H3. The molecule has 0 spiro atoms. The van der Waals surface area contributed by atoms with Crippen molar-refractivity contribution in [2.24, 2.45) is 0 Å². The van der Waals surface area contributed by atoms with Crippen LogP contribution in [-0.2, 0) is 9.84 Å². The van der Waals surface area contributed by atoms with E-state index in [1.54, 1.807) is 35.4 Å². The molecular weight excluding hydrogens is 437 g/mol. The maximum absolute atomic E-state index is 13.4. The number of allylic oxidation sites excluding steroid dienone is 2. The molecule has 0 saturated heterocycles. The molecule has 0 saturated carbocycles. The van der Waals surface area contributed by atoms with Crippen molar-refractivity contribution in [2.45, 2.75) is 11.1 Å². The molecule has 27 heavy (non-hydrogen) atoms. The molecule has 0 aromatic heterocycles. The lowest BCUT2D eigenvalue weighted by Crippen LogP contribution is -2.36. The molecule has 1 aliphatic heterocycles. The van der Waals surface area contributed by atoms with Crippen LogP contribution in [0.4, 0.5) is 10.1 Å². The number of benzene rings is 2. The Morgan fingerprint density at radius 2 is 1.93 bits per heavy atom. The Hall–Kier alpha value is -2.32. The highest BCUT2D eigenvalue weighted by Crippen LogP contribution is 2.33. The first-order valence-corrected chi connectivity index (χ1v) is 10.6. The Morgan fingerprint density at radius 3 is 2.63 bits per heavy atom. The summed E-state index contributed by atoms with van der Waals surface area (Å²) < 4.78 is 49.2. The zero-order chi connectivity index (χ0) is 19.6. The third kappa shape index (κ3) is 4.51. The average molecular weight is 454 g/mol. The van der Waals surface area contributed by atoms with Gasteiger partial charge in [-0.15, -0.1) is 0 Å². The first-order valence-electron chi connectivity index (χ1n) is 7.92. The molecule has 0 aliphatic carbocycles. The molecule has 0 bridgehead atoms. The predicted molar refractivity (Wildman–Crippen MR) is 106 cm³/mol. The molecule has 0 amide bonds. The van der Waals surface area contributed by atoms with Crippen molar-refractivity contribution in [1.82, 2.24) is 0 Å². The third-order valence-electron chi connectivity index (χ3n) is 3.87. The number of nitrogens with zero attached hydrogens (tertiary/aromatic N) is 1. The van der Waals surface area contributed by atoms with Gasteiger partial charge in [0.25, 0.3) is 0 Å². The molecule has 0 fully saturated rings. The number of ether oxygens (including phenoxy) is 2. The summed E-state index contributed by atoms with van der Waals surface area (Å²) in [6, 6.07) is 10.6. The largest absolute Gasteiger partial charge is 0.493 e. The summed E-state index contributed by atoms with van der Waals surface area (Å²) in [7, 11) is -1.92. The molecule has 1 atom stereocenters. The first-order chi connectivity index (χ1) is 12.8. The minimum Gasteiger partial charge on any atom is -0.493 e. The minimum absolute atomic E-state index is 0.206. The molecule has 1 heterocycles. The second-order valence-corrected chi connectivity index (χ2v) is 8.78. The van der Waals surface area contributed by atoms with E-state index in [-0.39, 0.29) is 10.6 Å². The zero-order valence-corrected chi connectivity index (χ0v) is 17.0. The van der Waals surface area contributed by atoms with Crippen LogP contribution in [0.1, 0.15) is 0 Å². The monoisotopic (exact) mass is 453 g/mol. The Balaban J connectivity index is 1.97. The highest BCUT2D eigenvalue weighted by atomic mass is 79.9. The van der Waals surface area contributed by atoms with E-state index in [9.17, 15) is 12.8 Å². The van der Waals surface area contributed by atoms with Crippen LogP contribution in [0, 0.1) is 5.82 Å². The van der Waals surface area contributed by atoms with Gasteiger partial charge in [-0.1, -0.05) is 6.07 Å². The first kappa shape index (κ1) is 19.4. The van der Waals surface area contributed by atoms with Gasteiger partial charge in [0.2, 0.25) is 0 Å². The molecule has 0 N–H and O–H groups in total. The normalized spacial score (nSPS) is 16.8. The summed E-state index contributed by atoms with van der Waals surface area (Å²) in [5.74, 6) is 0.199. The molecule has 142 valence electrons. The second kappa shape index (κ2) is 7.74. The summed E-state index contributed by atoms with van der Waals surface area (Å²) >= 11 is 3.42. The predicted octanol–water partition coefficient (Wildman–Crippen LogP) is 4.26. The van der Waals surface area contributed by atoms with E-state index in [0.29, 0.717) is 11.4 Å². The van der Waals surface area contributed by atoms with Gasteiger partial charge in [0, 0.05) is 28.7 Å². The Morgan fingerprint density at radius 1 is 1.15 bits per heavy atom. The van der Waals surface area contributed by atoms with Crippen molar-refractivity contribution in [1.29, 1.82) is 0 Å². The van der Waals surface area contributed by atoms with Crippen molar-refractivity contribution >= 4 is 31.5 Å². The maximum atomic E-state index is 13.4. The number of sulfone groups is 1. The van der Waals surface area contributed by atoms with Gasteiger partial charge >= 0.3 is 0 Å². The number of halogens is 2. The van der Waals surface area contributed by atoms with Crippen LogP contribution < -0.4 is 14.4 Å². The number of hydrogen-bond donors (Lipinski definition) is 0. The van der Waals surface area contributed by atoms with Crippen molar-refractivity contribution in [3.8, 4) is 11.5 Å². The summed E-state index contributed by atoms with van der Waals surface area (Å²) in [4.78, 5) is 1.97. The van der Waals surface area contributed by atoms with E-state index in [0.717, 1.165) is 10.7 Å². The van der Waals surface area contributed by atoms with Crippen molar-refractivity contribution < 1.29 is 22.3 Å². The molecular formula is C19H17BrFNO4S. The number of methoxy groups -OCH3 is 1. The smallest absolute Gasteiger partial charge is 0.196 e. The molecule has 2 aromatic carbocycles. The van der Waals surface area contributed by atoms with Crippen LogP contribution >= 0.6 is 15.9 Å². The van der Waals surface area contributed by atoms with Gasteiger partial charge in [-0.05, 0) is 58.4 Å². The van der Waals surface area contributed by atoms with Crippen molar-refractivity contribution in [2.75, 3.05) is 18.3 Å². The number of rotatable bonds is 5. The fraction of sp³-hybridized carbons (Fsp3) is 0.158. The molecule has 3 rings (SSSR count). The molecule has 1 aliphatic rings. The Labute approximate surface area is 165 Å². The van der Waals surface area contributed by atoms with Gasteiger partial charge in [0.05, 0.1) is 12.0 Å². The fourth-order valence-electron chi connectivity index (χ4n) is 2.58. The van der Waals surface area contributed by atoms with E-state index < -0.39 is 21.9 Å². The maximum Gasteiger partial charge on any atom is 0.196 e. The highest BCUT2D eigenvalue weighted by Gasteiger charge is 2.22. The molecule has 1 unspecified atom stereocenters. The van der Waals surface area contributed by atoms with Crippen LogP contribution in [0.25, 0.3) is 0 Å². The average Bonchev–Trinajstić information content (AvgIpc) is 2.64.